The van der Waals surface area contributed by atoms with Gasteiger partial charge in [0, 0.05) is 17.6 Å². The molecular weight excluding hydrogens is 558 g/mol. The Labute approximate surface area is 259 Å². The molecule has 1 aromatic carbocycles. The van der Waals surface area contributed by atoms with Crippen LogP contribution in [0.25, 0.3) is 17.0 Å². The van der Waals surface area contributed by atoms with E-state index < -0.39 is 35.5 Å². The number of carbonyl (C=O) groups excluding carboxylic acids is 3. The van der Waals surface area contributed by atoms with Gasteiger partial charge in [0.25, 0.3) is 11.8 Å². The summed E-state index contributed by atoms with van der Waals surface area (Å²) in [6, 6.07) is 8.86. The zero-order valence-corrected chi connectivity index (χ0v) is 26.1. The van der Waals surface area contributed by atoms with Crippen LogP contribution in [0.1, 0.15) is 83.5 Å². The molecule has 44 heavy (non-hydrogen) atoms. The Balaban J connectivity index is 1.53. The van der Waals surface area contributed by atoms with E-state index in [0.717, 1.165) is 40.7 Å². The first-order chi connectivity index (χ1) is 21.0. The minimum absolute atomic E-state index is 0.133. The van der Waals surface area contributed by atoms with Gasteiger partial charge < -0.3 is 20.5 Å². The van der Waals surface area contributed by atoms with Gasteiger partial charge in [0.2, 0.25) is 0 Å². The molecule has 4 unspecified atom stereocenters. The monoisotopic (exact) mass is 603 g/mol. The number of pyridine rings is 1. The molecule has 2 fully saturated rings. The number of hydrogen-bond donors (Lipinski definition) is 4. The fourth-order valence-corrected chi connectivity index (χ4v) is 6.27. The molecule has 1 aliphatic carbocycles. The third kappa shape index (κ3) is 6.81. The number of amides is 2. The number of nitrogens with one attached hydrogen (secondary N) is 3. The summed E-state index contributed by atoms with van der Waals surface area (Å²) in [6.45, 7) is 12.0. The first kappa shape index (κ1) is 31.7. The highest BCUT2D eigenvalue weighted by atomic mass is 16.5. The van der Waals surface area contributed by atoms with Gasteiger partial charge in [-0.15, -0.1) is 0 Å². The Morgan fingerprint density at radius 2 is 1.77 bits per heavy atom. The molecule has 2 aliphatic heterocycles. The first-order valence-electron chi connectivity index (χ1n) is 15.8. The summed E-state index contributed by atoms with van der Waals surface area (Å²) in [4.78, 5) is 45.7. The number of hydrogen-bond acceptors (Lipinski definition) is 8. The second kappa shape index (κ2) is 13.1. The van der Waals surface area contributed by atoms with Crippen molar-refractivity contribution in [1.29, 1.82) is 0 Å². The molecule has 0 radical (unpaired) electrons. The number of hydrazine groups is 1. The number of rotatable bonds is 1. The molecule has 4 N–H and O–H groups in total. The quantitative estimate of drug-likeness (QED) is 0.361. The number of aromatic nitrogens is 1. The van der Waals surface area contributed by atoms with Gasteiger partial charge in [-0.3, -0.25) is 24.4 Å². The van der Waals surface area contributed by atoms with E-state index in [1.807, 2.05) is 63.3 Å². The lowest BCUT2D eigenvalue weighted by Crippen LogP contribution is -2.59. The van der Waals surface area contributed by atoms with E-state index in [-0.39, 0.29) is 23.9 Å². The largest absolute Gasteiger partial charge is 0.451 e. The highest BCUT2D eigenvalue weighted by molar-refractivity contribution is 5.91. The summed E-state index contributed by atoms with van der Waals surface area (Å²) in [6.07, 6.45) is 5.47. The van der Waals surface area contributed by atoms with Crippen LogP contribution in [-0.4, -0.2) is 63.7 Å². The van der Waals surface area contributed by atoms with E-state index in [1.165, 1.54) is 0 Å². The maximum atomic E-state index is 13.9. The van der Waals surface area contributed by atoms with Crippen LogP contribution in [0.15, 0.2) is 48.7 Å². The lowest BCUT2D eigenvalue weighted by Gasteiger charge is -2.37. The van der Waals surface area contributed by atoms with Crippen molar-refractivity contribution in [3.63, 3.8) is 0 Å². The van der Waals surface area contributed by atoms with Crippen LogP contribution in [0.4, 0.5) is 0 Å². The van der Waals surface area contributed by atoms with E-state index >= 15 is 0 Å². The summed E-state index contributed by atoms with van der Waals surface area (Å²) in [7, 11) is 0. The van der Waals surface area contributed by atoms with Crippen LogP contribution >= 0.6 is 0 Å². The Morgan fingerprint density at radius 3 is 2.50 bits per heavy atom. The number of fused-ring (bicyclic) bond motifs is 4. The Kier molecular flexibility index (Phi) is 9.41. The van der Waals surface area contributed by atoms with Gasteiger partial charge in [0.15, 0.2) is 6.10 Å². The maximum absolute atomic E-state index is 13.9. The predicted molar refractivity (Wildman–Crippen MR) is 169 cm³/mol. The van der Waals surface area contributed by atoms with E-state index in [0.29, 0.717) is 32.2 Å². The lowest BCUT2D eigenvalue weighted by atomic mass is 9.72. The topological polar surface area (TPSA) is 133 Å². The Hall–Kier alpha value is -3.76. The van der Waals surface area contributed by atoms with Crippen molar-refractivity contribution in [2.45, 2.75) is 96.6 Å². The minimum Gasteiger partial charge on any atom is -0.451 e. The number of nitrogens with zero attached hydrogens (tertiary/aromatic N) is 2. The van der Waals surface area contributed by atoms with E-state index in [4.69, 9.17) is 9.72 Å². The average Bonchev–Trinajstić information content (AvgIpc) is 3.01. The summed E-state index contributed by atoms with van der Waals surface area (Å²) in [5.74, 6) is -1.62. The maximum Gasteiger partial charge on any atom is 0.316 e. The molecule has 5 bridgehead atoms. The predicted octanol–water partition coefficient (Wildman–Crippen LogP) is 3.92. The van der Waals surface area contributed by atoms with Gasteiger partial charge in [-0.05, 0) is 76.0 Å². The molecular formula is C34H45N5O5. The van der Waals surface area contributed by atoms with Gasteiger partial charge in [-0.1, -0.05) is 50.8 Å². The molecule has 1 spiro atoms. The normalized spacial score (nSPS) is 31.5. The van der Waals surface area contributed by atoms with Gasteiger partial charge in [-0.2, -0.15) is 0 Å². The molecule has 10 nitrogen and oxygen atoms in total. The number of esters is 1. The van der Waals surface area contributed by atoms with E-state index in [1.54, 1.807) is 11.9 Å². The zero-order valence-electron chi connectivity index (χ0n) is 26.1. The number of cyclic esters (lactones) is 1. The van der Waals surface area contributed by atoms with Crippen molar-refractivity contribution in [3.8, 4) is 0 Å². The van der Waals surface area contributed by atoms with Gasteiger partial charge in [0.1, 0.15) is 6.04 Å². The number of aliphatic hydroxyl groups excluding tert-OH is 1. The first-order valence-corrected chi connectivity index (χ1v) is 15.8. The molecule has 1 aromatic heterocycles. The van der Waals surface area contributed by atoms with Crippen LogP contribution in [-0.2, 0) is 19.1 Å². The molecule has 2 aromatic rings. The third-order valence-corrected chi connectivity index (χ3v) is 9.13. The van der Waals surface area contributed by atoms with Crippen molar-refractivity contribution < 1.29 is 24.2 Å². The highest BCUT2D eigenvalue weighted by Gasteiger charge is 2.43. The van der Waals surface area contributed by atoms with Crippen LogP contribution in [0.3, 0.4) is 0 Å². The second-order valence-electron chi connectivity index (χ2n) is 12.9. The van der Waals surface area contributed by atoms with Crippen molar-refractivity contribution in [2.75, 3.05) is 6.54 Å². The Bertz CT molecular complexity index is 1450. The van der Waals surface area contributed by atoms with Crippen LogP contribution in [0, 0.1) is 11.3 Å². The molecule has 10 heteroatoms. The van der Waals surface area contributed by atoms with Crippen molar-refractivity contribution in [1.82, 2.24) is 26.1 Å². The number of ether oxygens (including phenoxy) is 1. The van der Waals surface area contributed by atoms with Gasteiger partial charge >= 0.3 is 5.97 Å². The van der Waals surface area contributed by atoms with Gasteiger partial charge in [0.05, 0.1) is 34.8 Å². The van der Waals surface area contributed by atoms with Crippen molar-refractivity contribution in [2.24, 2.45) is 11.3 Å². The molecule has 4 atom stereocenters. The minimum atomic E-state index is -1.08. The highest BCUT2D eigenvalue weighted by Crippen LogP contribution is 2.40. The van der Waals surface area contributed by atoms with Crippen molar-refractivity contribution in [3.05, 3.63) is 59.9 Å². The zero-order chi connectivity index (χ0) is 31.6. The van der Waals surface area contributed by atoms with E-state index in [2.05, 4.69) is 22.6 Å². The summed E-state index contributed by atoms with van der Waals surface area (Å²) in [5.41, 5.74) is 5.60. The fourth-order valence-electron chi connectivity index (χ4n) is 6.27. The van der Waals surface area contributed by atoms with Crippen molar-refractivity contribution >= 4 is 34.8 Å². The number of aliphatic hydroxyl groups is 1. The summed E-state index contributed by atoms with van der Waals surface area (Å²) < 4.78 is 5.96. The summed E-state index contributed by atoms with van der Waals surface area (Å²) in [5, 5.41) is 19.0. The molecule has 236 valence electrons. The standard InChI is InChI=1S/C34H45N5O5/c1-20(2)30-31(41)36-23(5)32(42)39-18-6-7-28(38-39)22(4)35-21(3)27-11-10-25-9-8-24(19-29(25)37-27)12-15-34(33(43)44-30)16-13-26(40)14-17-34/h8-12,15,19-21,23,26,28,30,35,38,40H,4,6-7,13-14,16-18H2,1-3,5H3,(H,36,41)/b15-12+. The molecule has 1 saturated heterocycles. The van der Waals surface area contributed by atoms with Gasteiger partial charge in [-0.25, -0.2) is 5.43 Å². The molecule has 1 saturated carbocycles. The third-order valence-electron chi connectivity index (χ3n) is 9.13. The Morgan fingerprint density at radius 1 is 1.05 bits per heavy atom. The number of carbonyl (C=O) groups is 3. The smallest absolute Gasteiger partial charge is 0.316 e. The SMILES string of the molecule is C=C1NC(C)c2ccc3ccc(cc3n2)/C=C/C2(CCC(O)CC2)C(=O)OC(C(C)C)C(=O)NC(C)C(=O)N2CCCC1N2. The van der Waals surface area contributed by atoms with Crippen LogP contribution < -0.4 is 16.1 Å². The molecule has 3 heterocycles. The molecule has 2 amide bonds. The van der Waals surface area contributed by atoms with E-state index in [9.17, 15) is 19.5 Å². The lowest BCUT2D eigenvalue weighted by molar-refractivity contribution is -0.168. The average molecular weight is 604 g/mol. The van der Waals surface area contributed by atoms with Crippen LogP contribution in [0.5, 0.6) is 0 Å². The molecule has 5 rings (SSSR count). The van der Waals surface area contributed by atoms with Crippen LogP contribution in [0.2, 0.25) is 0 Å². The molecule has 3 aliphatic rings. The second-order valence-corrected chi connectivity index (χ2v) is 12.9. The fraction of sp³-hybridized carbons (Fsp3) is 0.529. The summed E-state index contributed by atoms with van der Waals surface area (Å²) >= 11 is 0. The number of benzene rings is 1.